The highest BCUT2D eigenvalue weighted by atomic mass is 127. The van der Waals surface area contributed by atoms with E-state index in [-0.39, 0.29) is 0 Å². The Morgan fingerprint density at radius 1 is 1.07 bits per heavy atom. The number of nitrogens with zero attached hydrogens (tertiary/aromatic N) is 3. The number of fused-ring (bicyclic) bond motifs is 2. The smallest absolute Gasteiger partial charge is 0.131 e. The van der Waals surface area contributed by atoms with E-state index < -0.39 is 0 Å². The van der Waals surface area contributed by atoms with Gasteiger partial charge in [0.2, 0.25) is 0 Å². The normalized spacial score (nSPS) is 11.6. The van der Waals surface area contributed by atoms with E-state index in [1.54, 1.807) is 10.9 Å². The standard InChI is InChI=1S/C20H15IN6/c1-11-24-18-5-3-16(9-19(18)25-11)27-20(22)13(10-23-27)8-15-7-12-6-14(21)2-4-17(12)26-15/h2-7,9-10,26H,22H2,1H3,(H,24,25). The number of H-pyrrole nitrogens is 2. The van der Waals surface area contributed by atoms with Crippen molar-refractivity contribution in [3.8, 4) is 5.69 Å². The quantitative estimate of drug-likeness (QED) is 0.349. The number of nitrogens with two attached hydrogens (primary N) is 1. The number of rotatable bonds is 3. The van der Waals surface area contributed by atoms with Gasteiger partial charge in [-0.15, -0.1) is 0 Å². The van der Waals surface area contributed by atoms with Crippen molar-refractivity contribution in [2.75, 3.05) is 5.73 Å². The van der Waals surface area contributed by atoms with Crippen LogP contribution in [-0.4, -0.2) is 24.7 Å². The molecule has 5 aromatic rings. The zero-order chi connectivity index (χ0) is 18.5. The molecule has 0 aliphatic carbocycles. The summed E-state index contributed by atoms with van der Waals surface area (Å²) < 4.78 is 2.90. The SMILES string of the molecule is Cc1nc2cc(-n3ncc([C]c4cc5cc(I)ccc5[nH]4)c3N)ccc2[nH]1. The molecule has 27 heavy (non-hydrogen) atoms. The fourth-order valence-electron chi connectivity index (χ4n) is 3.23. The molecule has 0 unspecified atom stereocenters. The van der Waals surface area contributed by atoms with Crippen molar-refractivity contribution < 1.29 is 0 Å². The molecule has 2 radical (unpaired) electrons. The molecular formula is C20H15IN6. The van der Waals surface area contributed by atoms with Crippen molar-refractivity contribution in [3.05, 3.63) is 75.7 Å². The molecule has 5 rings (SSSR count). The second kappa shape index (κ2) is 6.12. The van der Waals surface area contributed by atoms with Crippen molar-refractivity contribution in [2.24, 2.45) is 0 Å². The van der Waals surface area contributed by atoms with Gasteiger partial charge in [-0.25, -0.2) is 9.67 Å². The second-order valence-electron chi connectivity index (χ2n) is 6.42. The third kappa shape index (κ3) is 2.87. The lowest BCUT2D eigenvalue weighted by Crippen LogP contribution is -2.03. The summed E-state index contributed by atoms with van der Waals surface area (Å²) in [5.74, 6) is 1.42. The maximum absolute atomic E-state index is 6.35. The molecule has 0 saturated carbocycles. The number of nitrogens with one attached hydrogen (secondary N) is 2. The minimum absolute atomic E-state index is 0.537. The van der Waals surface area contributed by atoms with E-state index >= 15 is 0 Å². The van der Waals surface area contributed by atoms with Gasteiger partial charge in [0.1, 0.15) is 11.6 Å². The first-order valence-electron chi connectivity index (χ1n) is 8.42. The van der Waals surface area contributed by atoms with Crippen molar-refractivity contribution >= 4 is 50.3 Å². The number of aromatic nitrogens is 5. The molecule has 0 aliphatic rings. The Morgan fingerprint density at radius 3 is 2.81 bits per heavy atom. The van der Waals surface area contributed by atoms with Crippen molar-refractivity contribution in [1.29, 1.82) is 0 Å². The monoisotopic (exact) mass is 466 g/mol. The summed E-state index contributed by atoms with van der Waals surface area (Å²) in [7, 11) is 0. The number of anilines is 1. The first-order valence-corrected chi connectivity index (χ1v) is 9.50. The Kier molecular flexibility index (Phi) is 3.71. The van der Waals surface area contributed by atoms with Gasteiger partial charge in [-0.05, 0) is 72.0 Å². The van der Waals surface area contributed by atoms with Crippen molar-refractivity contribution in [3.63, 3.8) is 0 Å². The summed E-state index contributed by atoms with van der Waals surface area (Å²) in [6.45, 7) is 1.94. The lowest BCUT2D eigenvalue weighted by Gasteiger charge is -2.05. The minimum Gasteiger partial charge on any atom is -0.383 e. The predicted octanol–water partition coefficient (Wildman–Crippen LogP) is 4.20. The summed E-state index contributed by atoms with van der Waals surface area (Å²) in [6.07, 6.45) is 5.05. The largest absolute Gasteiger partial charge is 0.383 e. The van der Waals surface area contributed by atoms with Gasteiger partial charge in [-0.3, -0.25) is 0 Å². The Labute approximate surface area is 168 Å². The van der Waals surface area contributed by atoms with Gasteiger partial charge >= 0.3 is 0 Å². The van der Waals surface area contributed by atoms with Crippen LogP contribution in [0.1, 0.15) is 17.1 Å². The van der Waals surface area contributed by atoms with Crippen LogP contribution in [0.15, 0.2) is 48.7 Å². The molecule has 132 valence electrons. The molecule has 3 aromatic heterocycles. The Bertz CT molecular complexity index is 1290. The topological polar surface area (TPSA) is 88.3 Å². The summed E-state index contributed by atoms with van der Waals surface area (Å²) in [6, 6.07) is 14.3. The average molecular weight is 466 g/mol. The Morgan fingerprint density at radius 2 is 1.93 bits per heavy atom. The fourth-order valence-corrected chi connectivity index (χ4v) is 3.74. The summed E-state index contributed by atoms with van der Waals surface area (Å²) in [5, 5.41) is 5.59. The van der Waals surface area contributed by atoms with Crippen LogP contribution in [0.4, 0.5) is 5.82 Å². The van der Waals surface area contributed by atoms with Crippen molar-refractivity contribution in [1.82, 2.24) is 24.7 Å². The highest BCUT2D eigenvalue weighted by Gasteiger charge is 2.13. The molecule has 3 heterocycles. The predicted molar refractivity (Wildman–Crippen MR) is 115 cm³/mol. The van der Waals surface area contributed by atoms with E-state index in [9.17, 15) is 0 Å². The zero-order valence-corrected chi connectivity index (χ0v) is 16.6. The van der Waals surface area contributed by atoms with Gasteiger partial charge in [0.25, 0.3) is 0 Å². The summed E-state index contributed by atoms with van der Waals surface area (Å²) >= 11 is 2.31. The van der Waals surface area contributed by atoms with E-state index in [4.69, 9.17) is 5.73 Å². The maximum Gasteiger partial charge on any atom is 0.131 e. The van der Waals surface area contributed by atoms with Gasteiger partial charge < -0.3 is 15.7 Å². The van der Waals surface area contributed by atoms with E-state index in [0.29, 0.717) is 5.82 Å². The molecule has 2 aromatic carbocycles. The third-order valence-corrected chi connectivity index (χ3v) is 5.16. The maximum atomic E-state index is 6.35. The van der Waals surface area contributed by atoms with Crippen LogP contribution in [0.25, 0.3) is 27.6 Å². The zero-order valence-electron chi connectivity index (χ0n) is 14.4. The molecule has 0 atom stereocenters. The Balaban J connectivity index is 1.49. The third-order valence-electron chi connectivity index (χ3n) is 4.49. The summed E-state index contributed by atoms with van der Waals surface area (Å²) in [4.78, 5) is 11.0. The molecule has 7 heteroatoms. The molecule has 6 nitrogen and oxygen atoms in total. The first-order chi connectivity index (χ1) is 13.1. The number of imidazole rings is 1. The van der Waals surface area contributed by atoms with Crippen LogP contribution in [0, 0.1) is 16.9 Å². The second-order valence-corrected chi connectivity index (χ2v) is 7.66. The number of benzene rings is 2. The number of hydrogen-bond acceptors (Lipinski definition) is 3. The molecule has 0 spiro atoms. The van der Waals surface area contributed by atoms with E-state index in [0.717, 1.165) is 44.7 Å². The number of hydrogen-bond donors (Lipinski definition) is 3. The van der Waals surface area contributed by atoms with Crippen molar-refractivity contribution in [2.45, 2.75) is 6.92 Å². The van der Waals surface area contributed by atoms with Gasteiger partial charge in [-0.2, -0.15) is 5.10 Å². The highest BCUT2D eigenvalue weighted by molar-refractivity contribution is 14.1. The fraction of sp³-hybridized carbons (Fsp3) is 0.0500. The van der Waals surface area contributed by atoms with Crippen LogP contribution >= 0.6 is 22.6 Å². The molecule has 0 aliphatic heterocycles. The number of aryl methyl sites for hydroxylation is 1. The van der Waals surface area contributed by atoms with E-state index in [2.05, 4.69) is 73.3 Å². The lowest BCUT2D eigenvalue weighted by atomic mass is 10.1. The molecule has 0 fully saturated rings. The number of halogens is 1. The van der Waals surface area contributed by atoms with Crippen LogP contribution < -0.4 is 5.73 Å². The van der Waals surface area contributed by atoms with Crippen LogP contribution in [0.5, 0.6) is 0 Å². The van der Waals surface area contributed by atoms with E-state index in [1.807, 2.05) is 25.1 Å². The van der Waals surface area contributed by atoms with Crippen LogP contribution in [-0.2, 0) is 0 Å². The van der Waals surface area contributed by atoms with Gasteiger partial charge in [-0.1, -0.05) is 0 Å². The highest BCUT2D eigenvalue weighted by Crippen LogP contribution is 2.25. The molecule has 0 bridgehead atoms. The average Bonchev–Trinajstić information content (AvgIpc) is 3.30. The molecule has 0 amide bonds. The van der Waals surface area contributed by atoms with Gasteiger partial charge in [0, 0.05) is 25.7 Å². The summed E-state index contributed by atoms with van der Waals surface area (Å²) in [5.41, 5.74) is 11.8. The molecule has 4 N–H and O–H groups in total. The number of nitrogen functional groups attached to an aromatic ring is 1. The number of aromatic amines is 2. The van der Waals surface area contributed by atoms with Gasteiger partial charge in [0.05, 0.1) is 29.3 Å². The van der Waals surface area contributed by atoms with Gasteiger partial charge in [0.15, 0.2) is 0 Å². The minimum atomic E-state index is 0.537. The lowest BCUT2D eigenvalue weighted by molar-refractivity contribution is 0.892. The van der Waals surface area contributed by atoms with Crippen LogP contribution in [0.3, 0.4) is 0 Å². The Hall–Kier alpha value is -2.81. The van der Waals surface area contributed by atoms with Crippen LogP contribution in [0.2, 0.25) is 0 Å². The molecule has 0 saturated heterocycles. The first kappa shape index (κ1) is 16.4. The molecular weight excluding hydrogens is 451 g/mol. The van der Waals surface area contributed by atoms with E-state index in [1.165, 1.54) is 3.57 Å².